The fourth-order valence-corrected chi connectivity index (χ4v) is 0.586. The van der Waals surface area contributed by atoms with Gasteiger partial charge in [-0.15, -0.1) is 5.10 Å². The molecule has 1 rings (SSSR count). The van der Waals surface area contributed by atoms with E-state index in [0.29, 0.717) is 6.54 Å². The van der Waals surface area contributed by atoms with Gasteiger partial charge in [0.1, 0.15) is 6.20 Å². The van der Waals surface area contributed by atoms with E-state index in [9.17, 15) is 0 Å². The van der Waals surface area contributed by atoms with Crippen LogP contribution < -0.4 is 5.73 Å². The Hall–Kier alpha value is -0.480. The van der Waals surface area contributed by atoms with E-state index < -0.39 is 0 Å². The van der Waals surface area contributed by atoms with Crippen molar-refractivity contribution < 1.29 is 0 Å². The summed E-state index contributed by atoms with van der Waals surface area (Å²) in [6, 6.07) is 0. The number of hydrogen-bond acceptors (Lipinski definition) is 4. The topological polar surface area (TPSA) is 51.8 Å². The van der Waals surface area contributed by atoms with Gasteiger partial charge in [0.05, 0.1) is 4.88 Å². The average molecular weight is 114 g/mol. The minimum Gasteiger partial charge on any atom is -0.326 e. The molecular weight excluding hydrogens is 110 g/mol. The van der Waals surface area contributed by atoms with Crippen LogP contribution in [0.15, 0.2) is 0 Å². The van der Waals surface area contributed by atoms with Gasteiger partial charge in [0.25, 0.3) is 0 Å². The molecule has 37 valence electrons. The van der Waals surface area contributed by atoms with Gasteiger partial charge in [0, 0.05) is 6.54 Å². The molecule has 0 bridgehead atoms. The maximum Gasteiger partial charge on any atom is 0.131 e. The Labute approximate surface area is 45.3 Å². The van der Waals surface area contributed by atoms with Gasteiger partial charge in [0.2, 0.25) is 0 Å². The molecule has 0 aliphatic heterocycles. The van der Waals surface area contributed by atoms with Crippen LogP contribution in [0, 0.1) is 6.20 Å². The predicted molar refractivity (Wildman–Crippen MR) is 26.6 cm³/mol. The van der Waals surface area contributed by atoms with E-state index in [1.165, 1.54) is 11.5 Å². The quantitative estimate of drug-likeness (QED) is 0.550. The summed E-state index contributed by atoms with van der Waals surface area (Å²) in [5, 5.41) is 3.46. The molecule has 0 amide bonds. The van der Waals surface area contributed by atoms with Crippen molar-refractivity contribution >= 4 is 11.5 Å². The Kier molecular flexibility index (Phi) is 1.33. The van der Waals surface area contributed by atoms with E-state index in [4.69, 9.17) is 5.73 Å². The number of nitrogens with zero attached hydrogens (tertiary/aromatic N) is 2. The second-order valence-corrected chi connectivity index (χ2v) is 1.85. The molecule has 2 N–H and O–H groups in total. The zero-order chi connectivity index (χ0) is 5.11. The normalized spacial score (nSPS) is 9.29. The molecule has 0 aliphatic rings. The maximum atomic E-state index is 5.19. The molecule has 1 aromatic heterocycles. The average Bonchev–Trinajstić information content (AvgIpc) is 2.14. The molecule has 3 nitrogen and oxygen atoms in total. The number of nitrogens with two attached hydrogens (primary N) is 1. The first-order valence-electron chi connectivity index (χ1n) is 1.82. The minimum absolute atomic E-state index is 0.498. The molecule has 0 saturated heterocycles. The van der Waals surface area contributed by atoms with E-state index in [0.717, 1.165) is 4.88 Å². The highest BCUT2D eigenvalue weighted by Gasteiger charge is 1.87. The smallest absolute Gasteiger partial charge is 0.131 e. The van der Waals surface area contributed by atoms with E-state index in [1.54, 1.807) is 0 Å². The Bertz CT molecular complexity index is 125. The largest absolute Gasteiger partial charge is 0.326 e. The number of hydrogen-bond donors (Lipinski definition) is 1. The van der Waals surface area contributed by atoms with Gasteiger partial charge in [-0.2, -0.15) is 0 Å². The maximum absolute atomic E-state index is 5.19. The van der Waals surface area contributed by atoms with Crippen molar-refractivity contribution in [3.8, 4) is 0 Å². The second kappa shape index (κ2) is 1.99. The summed E-state index contributed by atoms with van der Waals surface area (Å²) >= 11 is 1.28. The second-order valence-electron chi connectivity index (χ2n) is 1.01. The van der Waals surface area contributed by atoms with Gasteiger partial charge < -0.3 is 5.73 Å². The Morgan fingerprint density at radius 1 is 1.86 bits per heavy atom. The SMILES string of the molecule is NCc1[c]nns1. The standard InChI is InChI=1S/C3H4N3S/c4-1-3-2-5-6-7-3/h1,4H2. The van der Waals surface area contributed by atoms with Crippen LogP contribution in [0.5, 0.6) is 0 Å². The first-order valence-corrected chi connectivity index (χ1v) is 2.60. The van der Waals surface area contributed by atoms with Crippen molar-refractivity contribution in [1.82, 2.24) is 9.59 Å². The van der Waals surface area contributed by atoms with Gasteiger partial charge in [-0.25, -0.2) is 0 Å². The molecule has 0 spiro atoms. The van der Waals surface area contributed by atoms with E-state index in [-0.39, 0.29) is 0 Å². The summed E-state index contributed by atoms with van der Waals surface area (Å²) < 4.78 is 3.55. The van der Waals surface area contributed by atoms with Crippen molar-refractivity contribution in [3.05, 3.63) is 11.1 Å². The molecule has 0 aromatic carbocycles. The highest BCUT2D eigenvalue weighted by Crippen LogP contribution is 1.96. The fourth-order valence-electron chi connectivity index (χ4n) is 0.249. The summed E-state index contributed by atoms with van der Waals surface area (Å²) in [6.45, 7) is 0.498. The molecule has 1 heterocycles. The van der Waals surface area contributed by atoms with Gasteiger partial charge in [-0.1, -0.05) is 4.49 Å². The van der Waals surface area contributed by atoms with Crippen LogP contribution in [0.3, 0.4) is 0 Å². The van der Waals surface area contributed by atoms with Crippen LogP contribution in [-0.4, -0.2) is 9.59 Å². The van der Waals surface area contributed by atoms with Gasteiger partial charge in [0.15, 0.2) is 0 Å². The lowest BCUT2D eigenvalue weighted by molar-refractivity contribution is 1.07. The lowest BCUT2D eigenvalue weighted by Crippen LogP contribution is -1.91. The highest BCUT2D eigenvalue weighted by molar-refractivity contribution is 7.05. The first kappa shape index (κ1) is 4.67. The third kappa shape index (κ3) is 0.942. The third-order valence-electron chi connectivity index (χ3n) is 0.552. The third-order valence-corrected chi connectivity index (χ3v) is 1.19. The molecular formula is C3H4N3S. The van der Waals surface area contributed by atoms with Crippen LogP contribution in [0.2, 0.25) is 0 Å². The van der Waals surface area contributed by atoms with Crippen LogP contribution in [0.4, 0.5) is 0 Å². The molecule has 1 aromatic rings. The molecule has 0 fully saturated rings. The number of rotatable bonds is 1. The molecule has 0 saturated carbocycles. The van der Waals surface area contributed by atoms with Gasteiger partial charge in [-0.05, 0) is 11.5 Å². The molecule has 1 radical (unpaired) electrons. The van der Waals surface area contributed by atoms with E-state index >= 15 is 0 Å². The summed E-state index contributed by atoms with van der Waals surface area (Å²) in [6.07, 6.45) is 2.62. The Morgan fingerprint density at radius 2 is 2.71 bits per heavy atom. The fraction of sp³-hybridized carbons (Fsp3) is 0.333. The first-order chi connectivity index (χ1) is 3.43. The van der Waals surface area contributed by atoms with Crippen molar-refractivity contribution in [3.63, 3.8) is 0 Å². The summed E-state index contributed by atoms with van der Waals surface area (Å²) in [5.41, 5.74) is 5.19. The van der Waals surface area contributed by atoms with Crippen molar-refractivity contribution in [2.45, 2.75) is 6.54 Å². The molecule has 0 aliphatic carbocycles. The Balaban J connectivity index is 2.76. The Morgan fingerprint density at radius 3 is 3.00 bits per heavy atom. The molecule has 7 heavy (non-hydrogen) atoms. The van der Waals surface area contributed by atoms with Gasteiger partial charge >= 0.3 is 0 Å². The van der Waals surface area contributed by atoms with Crippen LogP contribution in [0.1, 0.15) is 4.88 Å². The lowest BCUT2D eigenvalue weighted by atomic mass is 10.6. The van der Waals surface area contributed by atoms with Crippen LogP contribution in [-0.2, 0) is 6.54 Å². The van der Waals surface area contributed by atoms with Crippen LogP contribution >= 0.6 is 11.5 Å². The van der Waals surface area contributed by atoms with Crippen molar-refractivity contribution in [2.24, 2.45) is 5.73 Å². The monoisotopic (exact) mass is 114 g/mol. The highest BCUT2D eigenvalue weighted by atomic mass is 32.1. The van der Waals surface area contributed by atoms with E-state index in [1.807, 2.05) is 0 Å². The van der Waals surface area contributed by atoms with Crippen molar-refractivity contribution in [2.75, 3.05) is 0 Å². The zero-order valence-electron chi connectivity index (χ0n) is 3.59. The van der Waals surface area contributed by atoms with Crippen molar-refractivity contribution in [1.29, 1.82) is 0 Å². The summed E-state index contributed by atoms with van der Waals surface area (Å²) in [5.74, 6) is 0. The minimum atomic E-state index is 0.498. The summed E-state index contributed by atoms with van der Waals surface area (Å²) in [7, 11) is 0. The van der Waals surface area contributed by atoms with Gasteiger partial charge in [-0.3, -0.25) is 0 Å². The lowest BCUT2D eigenvalue weighted by Gasteiger charge is -1.74. The summed E-state index contributed by atoms with van der Waals surface area (Å²) in [4.78, 5) is 0.903. The number of aromatic nitrogens is 2. The molecule has 0 atom stereocenters. The van der Waals surface area contributed by atoms with E-state index in [2.05, 4.69) is 15.8 Å². The molecule has 0 unspecified atom stereocenters. The van der Waals surface area contributed by atoms with Crippen LogP contribution in [0.25, 0.3) is 0 Å². The predicted octanol–water partition coefficient (Wildman–Crippen LogP) is -0.203. The molecule has 4 heteroatoms. The zero-order valence-corrected chi connectivity index (χ0v) is 4.40.